The van der Waals surface area contributed by atoms with Crippen molar-refractivity contribution in [3.8, 4) is 6.07 Å². The third-order valence-corrected chi connectivity index (χ3v) is 2.68. The van der Waals surface area contributed by atoms with Gasteiger partial charge in [0.2, 0.25) is 5.56 Å². The van der Waals surface area contributed by atoms with Crippen LogP contribution >= 0.6 is 0 Å². The van der Waals surface area contributed by atoms with E-state index in [1.54, 1.807) is 6.07 Å². The molecule has 0 bridgehead atoms. The number of carbonyl (C=O) groups is 1. The summed E-state index contributed by atoms with van der Waals surface area (Å²) < 4.78 is 0. The Morgan fingerprint density at radius 1 is 1.62 bits per heavy atom. The van der Waals surface area contributed by atoms with Crippen LogP contribution in [0.2, 0.25) is 0 Å². The van der Waals surface area contributed by atoms with Gasteiger partial charge in [0.05, 0.1) is 6.07 Å². The number of pyridine rings is 1. The largest absolute Gasteiger partial charge is 0.329 e. The van der Waals surface area contributed by atoms with Gasteiger partial charge < -0.3 is 9.88 Å². The van der Waals surface area contributed by atoms with Crippen LogP contribution in [-0.2, 0) is 0 Å². The van der Waals surface area contributed by atoms with Crippen molar-refractivity contribution in [3.63, 3.8) is 0 Å². The molecule has 16 heavy (non-hydrogen) atoms. The van der Waals surface area contributed by atoms with Crippen molar-refractivity contribution in [2.24, 2.45) is 0 Å². The van der Waals surface area contributed by atoms with Gasteiger partial charge in [-0.1, -0.05) is 0 Å². The molecular formula is C11H11N3O2. The number of nitrogens with one attached hydrogen (secondary N) is 1. The van der Waals surface area contributed by atoms with Crippen LogP contribution in [0.15, 0.2) is 23.1 Å². The number of aromatic nitrogens is 1. The average molecular weight is 217 g/mol. The van der Waals surface area contributed by atoms with Crippen LogP contribution in [0, 0.1) is 11.3 Å². The van der Waals surface area contributed by atoms with E-state index in [1.165, 1.54) is 17.2 Å². The lowest BCUT2D eigenvalue weighted by Gasteiger charge is -2.19. The molecule has 0 radical (unpaired) electrons. The summed E-state index contributed by atoms with van der Waals surface area (Å²) in [6.07, 6.45) is 2.99. The molecular weight excluding hydrogens is 206 g/mol. The Morgan fingerprint density at radius 3 is 3.12 bits per heavy atom. The summed E-state index contributed by atoms with van der Waals surface area (Å²) >= 11 is 0. The molecule has 1 aliphatic rings. The number of nitriles is 1. The molecule has 1 aromatic rings. The maximum Gasteiger partial charge on any atom is 0.255 e. The minimum absolute atomic E-state index is 0.241. The van der Waals surface area contributed by atoms with Crippen molar-refractivity contribution in [2.45, 2.75) is 18.9 Å². The SMILES string of the molecule is N#CC1CCCN1C(=O)c1cc[nH]c(=O)c1. The summed E-state index contributed by atoms with van der Waals surface area (Å²) in [6.45, 7) is 0.587. The Kier molecular flexibility index (Phi) is 2.73. The molecule has 1 N–H and O–H groups in total. The normalized spacial score (nSPS) is 19.4. The molecule has 0 spiro atoms. The van der Waals surface area contributed by atoms with Crippen LogP contribution in [0.3, 0.4) is 0 Å². The second-order valence-corrected chi connectivity index (χ2v) is 3.73. The van der Waals surface area contributed by atoms with Gasteiger partial charge in [0.15, 0.2) is 0 Å². The third kappa shape index (κ3) is 1.82. The Morgan fingerprint density at radius 2 is 2.44 bits per heavy atom. The fourth-order valence-electron chi connectivity index (χ4n) is 1.89. The minimum Gasteiger partial charge on any atom is -0.329 e. The fourth-order valence-corrected chi connectivity index (χ4v) is 1.89. The summed E-state index contributed by atoms with van der Waals surface area (Å²) in [4.78, 5) is 27.0. The minimum atomic E-state index is -0.355. The van der Waals surface area contributed by atoms with Crippen molar-refractivity contribution in [2.75, 3.05) is 6.54 Å². The Labute approximate surface area is 92.3 Å². The molecule has 2 rings (SSSR count). The van der Waals surface area contributed by atoms with E-state index in [-0.39, 0.29) is 17.5 Å². The molecule has 82 valence electrons. The van der Waals surface area contributed by atoms with E-state index in [0.29, 0.717) is 18.5 Å². The molecule has 1 amide bonds. The molecule has 5 heteroatoms. The van der Waals surface area contributed by atoms with Crippen molar-refractivity contribution in [1.29, 1.82) is 5.26 Å². The quantitative estimate of drug-likeness (QED) is 0.744. The number of hydrogen-bond donors (Lipinski definition) is 1. The monoisotopic (exact) mass is 217 g/mol. The molecule has 0 aliphatic carbocycles. The van der Waals surface area contributed by atoms with Gasteiger partial charge >= 0.3 is 0 Å². The molecule has 1 fully saturated rings. The van der Waals surface area contributed by atoms with E-state index in [2.05, 4.69) is 11.1 Å². The lowest BCUT2D eigenvalue weighted by atomic mass is 10.2. The number of carbonyl (C=O) groups excluding carboxylic acids is 1. The summed E-state index contributed by atoms with van der Waals surface area (Å²) in [5, 5.41) is 8.88. The Hall–Kier alpha value is -2.09. The maximum atomic E-state index is 12.0. The molecule has 1 saturated heterocycles. The molecule has 1 aliphatic heterocycles. The smallest absolute Gasteiger partial charge is 0.255 e. The van der Waals surface area contributed by atoms with Crippen molar-refractivity contribution in [3.05, 3.63) is 34.2 Å². The highest BCUT2D eigenvalue weighted by Crippen LogP contribution is 2.18. The van der Waals surface area contributed by atoms with Gasteiger partial charge in [0.25, 0.3) is 5.91 Å². The van der Waals surface area contributed by atoms with Crippen LogP contribution in [0.5, 0.6) is 0 Å². The average Bonchev–Trinajstić information content (AvgIpc) is 2.76. The van der Waals surface area contributed by atoms with E-state index in [9.17, 15) is 9.59 Å². The summed E-state index contributed by atoms with van der Waals surface area (Å²) in [6, 6.07) is 4.55. The zero-order chi connectivity index (χ0) is 11.5. The van der Waals surface area contributed by atoms with E-state index in [0.717, 1.165) is 6.42 Å². The van der Waals surface area contributed by atoms with Crippen LogP contribution in [0.1, 0.15) is 23.2 Å². The van der Waals surface area contributed by atoms with E-state index in [1.807, 2.05) is 0 Å². The van der Waals surface area contributed by atoms with Gasteiger partial charge in [-0.25, -0.2) is 0 Å². The first-order valence-corrected chi connectivity index (χ1v) is 5.11. The summed E-state index contributed by atoms with van der Waals surface area (Å²) in [5.74, 6) is -0.241. The van der Waals surface area contributed by atoms with E-state index >= 15 is 0 Å². The Bertz CT molecular complexity index is 500. The second kappa shape index (κ2) is 4.19. The lowest BCUT2D eigenvalue weighted by molar-refractivity contribution is 0.0764. The van der Waals surface area contributed by atoms with Crippen molar-refractivity contribution in [1.82, 2.24) is 9.88 Å². The standard InChI is InChI=1S/C11H11N3O2/c12-7-9-2-1-5-14(9)11(16)8-3-4-13-10(15)6-8/h3-4,6,9H,1-2,5H2,(H,13,15). The van der Waals surface area contributed by atoms with E-state index < -0.39 is 0 Å². The van der Waals surface area contributed by atoms with Crippen LogP contribution in [0.4, 0.5) is 0 Å². The van der Waals surface area contributed by atoms with E-state index in [4.69, 9.17) is 5.26 Å². The number of hydrogen-bond acceptors (Lipinski definition) is 3. The highest BCUT2D eigenvalue weighted by atomic mass is 16.2. The van der Waals surface area contributed by atoms with Crippen LogP contribution in [-0.4, -0.2) is 28.4 Å². The molecule has 1 unspecified atom stereocenters. The first-order chi connectivity index (χ1) is 7.72. The zero-order valence-corrected chi connectivity index (χ0v) is 8.64. The number of H-pyrrole nitrogens is 1. The van der Waals surface area contributed by atoms with Gasteiger partial charge in [-0.15, -0.1) is 0 Å². The van der Waals surface area contributed by atoms with Gasteiger partial charge in [0, 0.05) is 24.4 Å². The second-order valence-electron chi connectivity index (χ2n) is 3.73. The zero-order valence-electron chi connectivity index (χ0n) is 8.64. The summed E-state index contributed by atoms with van der Waals surface area (Å²) in [5.41, 5.74) is 0.0319. The highest BCUT2D eigenvalue weighted by Gasteiger charge is 2.29. The molecule has 0 aromatic carbocycles. The number of aromatic amines is 1. The Balaban J connectivity index is 2.26. The predicted molar refractivity (Wildman–Crippen MR) is 56.7 cm³/mol. The van der Waals surface area contributed by atoms with Gasteiger partial charge in [-0.3, -0.25) is 9.59 Å². The molecule has 5 nitrogen and oxygen atoms in total. The van der Waals surface area contributed by atoms with Gasteiger partial charge in [-0.05, 0) is 18.9 Å². The van der Waals surface area contributed by atoms with Crippen LogP contribution in [0.25, 0.3) is 0 Å². The predicted octanol–water partition coefficient (Wildman–Crippen LogP) is 0.503. The highest BCUT2D eigenvalue weighted by molar-refractivity contribution is 5.94. The fraction of sp³-hybridized carbons (Fsp3) is 0.364. The number of amides is 1. The van der Waals surface area contributed by atoms with Crippen LogP contribution < -0.4 is 5.56 Å². The molecule has 2 heterocycles. The molecule has 1 aromatic heterocycles. The van der Waals surface area contributed by atoms with Gasteiger partial charge in [-0.2, -0.15) is 5.26 Å². The number of rotatable bonds is 1. The summed E-state index contributed by atoms with van der Waals surface area (Å²) in [7, 11) is 0. The maximum absolute atomic E-state index is 12.0. The van der Waals surface area contributed by atoms with Crippen molar-refractivity contribution < 1.29 is 4.79 Å². The van der Waals surface area contributed by atoms with Gasteiger partial charge in [0.1, 0.15) is 6.04 Å². The van der Waals surface area contributed by atoms with Crippen molar-refractivity contribution >= 4 is 5.91 Å². The first kappa shape index (κ1) is 10.4. The molecule has 1 atom stereocenters. The third-order valence-electron chi connectivity index (χ3n) is 2.68. The topological polar surface area (TPSA) is 77.0 Å². The number of likely N-dealkylation sites (tertiary alicyclic amines) is 1. The lowest BCUT2D eigenvalue weighted by Crippen LogP contribution is -2.35. The first-order valence-electron chi connectivity index (χ1n) is 5.11. The number of nitrogens with zero attached hydrogens (tertiary/aromatic N) is 2. The molecule has 0 saturated carbocycles.